The molecule has 0 aliphatic rings. The summed E-state index contributed by atoms with van der Waals surface area (Å²) in [5, 5.41) is 5.88. The molecule has 214 valence electrons. The molecule has 0 bridgehead atoms. The second kappa shape index (κ2) is 12.3. The monoisotopic (exact) mass is 601 g/mol. The molecule has 0 aliphatic carbocycles. The highest BCUT2D eigenvalue weighted by molar-refractivity contribution is 7.89. The third-order valence-corrected chi connectivity index (χ3v) is 8.44. The van der Waals surface area contributed by atoms with E-state index in [1.54, 1.807) is 30.3 Å². The first-order chi connectivity index (χ1) is 19.3. The van der Waals surface area contributed by atoms with Crippen molar-refractivity contribution in [1.82, 2.24) is 4.72 Å². The van der Waals surface area contributed by atoms with Gasteiger partial charge in [0.15, 0.2) is 0 Å². The van der Waals surface area contributed by atoms with Crippen LogP contribution in [0, 0.1) is 0 Å². The van der Waals surface area contributed by atoms with Gasteiger partial charge in [0.05, 0.1) is 4.90 Å². The summed E-state index contributed by atoms with van der Waals surface area (Å²) in [6.07, 6.45) is -0.248. The van der Waals surface area contributed by atoms with Crippen LogP contribution < -0.4 is 15.4 Å². The molecule has 1 amide bonds. The molecular formula is C28H26F2N3O6PS. The van der Waals surface area contributed by atoms with Crippen molar-refractivity contribution < 1.29 is 36.3 Å². The second-order valence-electron chi connectivity index (χ2n) is 9.03. The van der Waals surface area contributed by atoms with Crippen LogP contribution in [0.1, 0.15) is 11.1 Å². The van der Waals surface area contributed by atoms with E-state index in [0.29, 0.717) is 11.4 Å². The molecule has 0 fully saturated rings. The third kappa shape index (κ3) is 7.63. The summed E-state index contributed by atoms with van der Waals surface area (Å²) in [4.78, 5) is 31.3. The summed E-state index contributed by atoms with van der Waals surface area (Å²) in [7, 11) is -9.93. The van der Waals surface area contributed by atoms with Crippen molar-refractivity contribution in [2.45, 2.75) is 23.0 Å². The van der Waals surface area contributed by atoms with Crippen molar-refractivity contribution in [3.63, 3.8) is 0 Å². The summed E-state index contributed by atoms with van der Waals surface area (Å²) < 4.78 is 67.9. The fourth-order valence-electron chi connectivity index (χ4n) is 3.88. The number of para-hydroxylation sites is 1. The first kappa shape index (κ1) is 30.0. The van der Waals surface area contributed by atoms with Crippen molar-refractivity contribution in [2.75, 3.05) is 10.6 Å². The molecule has 0 aromatic heterocycles. The van der Waals surface area contributed by atoms with E-state index >= 15 is 0 Å². The highest BCUT2D eigenvalue weighted by atomic mass is 32.2. The highest BCUT2D eigenvalue weighted by Gasteiger charge is 2.50. The Hall–Kier alpha value is -3.93. The number of hydrogen-bond acceptors (Lipinski definition) is 5. The van der Waals surface area contributed by atoms with Crippen LogP contribution in [0.3, 0.4) is 0 Å². The van der Waals surface area contributed by atoms with Gasteiger partial charge in [-0.1, -0.05) is 66.7 Å². The lowest BCUT2D eigenvalue weighted by Crippen LogP contribution is -2.45. The zero-order chi connectivity index (χ0) is 29.7. The molecule has 41 heavy (non-hydrogen) atoms. The van der Waals surface area contributed by atoms with E-state index in [2.05, 4.69) is 15.4 Å². The number of anilines is 3. The van der Waals surface area contributed by atoms with Crippen LogP contribution in [-0.2, 0) is 31.5 Å². The van der Waals surface area contributed by atoms with Crippen molar-refractivity contribution in [1.29, 1.82) is 0 Å². The Morgan fingerprint density at radius 2 is 1.37 bits per heavy atom. The Kier molecular flexibility index (Phi) is 9.01. The standard InChI is InChI=1S/C28H26F2N3O6PS/c29-28(30,40(35,36)37)21-16-14-20(15-17-21)18-26(33-41(38,39)25-12-5-2-6-13-25)27(34)32-24-11-7-10-23(19-24)31-22-8-3-1-4-9-22/h1-17,19,26,31,33H,18H2,(H,32,34)(H2,35,36,37). The Balaban J connectivity index is 1.58. The number of halogens is 2. The minimum absolute atomic E-state index is 0.0801. The van der Waals surface area contributed by atoms with Gasteiger partial charge in [-0.05, 0) is 54.4 Å². The predicted molar refractivity (Wildman–Crippen MR) is 151 cm³/mol. The highest BCUT2D eigenvalue weighted by Crippen LogP contribution is 2.59. The van der Waals surface area contributed by atoms with Gasteiger partial charge >= 0.3 is 13.3 Å². The molecule has 0 saturated carbocycles. The van der Waals surface area contributed by atoms with E-state index in [1.165, 1.54) is 24.3 Å². The Bertz CT molecular complexity index is 1650. The van der Waals surface area contributed by atoms with Crippen LogP contribution >= 0.6 is 7.60 Å². The molecule has 0 radical (unpaired) electrons. The van der Waals surface area contributed by atoms with Gasteiger partial charge in [0.2, 0.25) is 15.9 Å². The van der Waals surface area contributed by atoms with Crippen molar-refractivity contribution in [3.8, 4) is 0 Å². The van der Waals surface area contributed by atoms with Gasteiger partial charge in [0.1, 0.15) is 6.04 Å². The van der Waals surface area contributed by atoms with Gasteiger partial charge in [-0.2, -0.15) is 13.5 Å². The maximum atomic E-state index is 14.1. The average molecular weight is 602 g/mol. The fraction of sp³-hybridized carbons (Fsp3) is 0.107. The van der Waals surface area contributed by atoms with Gasteiger partial charge in [-0.15, -0.1) is 0 Å². The lowest BCUT2D eigenvalue weighted by molar-refractivity contribution is -0.117. The number of hydrogen-bond donors (Lipinski definition) is 5. The van der Waals surface area contributed by atoms with Crippen LogP contribution in [0.15, 0.2) is 114 Å². The van der Waals surface area contributed by atoms with Gasteiger partial charge in [-0.25, -0.2) is 8.42 Å². The molecule has 0 heterocycles. The maximum Gasteiger partial charge on any atom is 0.399 e. The van der Waals surface area contributed by atoms with Gasteiger partial charge < -0.3 is 20.4 Å². The summed E-state index contributed by atoms with van der Waals surface area (Å²) in [5.74, 6) is -0.717. The van der Waals surface area contributed by atoms with E-state index < -0.39 is 40.8 Å². The Morgan fingerprint density at radius 3 is 1.98 bits per heavy atom. The van der Waals surface area contributed by atoms with Crippen LogP contribution in [-0.4, -0.2) is 30.2 Å². The van der Waals surface area contributed by atoms with Crippen molar-refractivity contribution >= 4 is 40.6 Å². The lowest BCUT2D eigenvalue weighted by atomic mass is 10.0. The largest absolute Gasteiger partial charge is 0.399 e. The number of carbonyl (C=O) groups excluding carboxylic acids is 1. The third-order valence-electron chi connectivity index (χ3n) is 5.97. The van der Waals surface area contributed by atoms with Gasteiger partial charge in [0.25, 0.3) is 0 Å². The molecule has 0 aliphatic heterocycles. The maximum absolute atomic E-state index is 14.1. The first-order valence-electron chi connectivity index (χ1n) is 12.2. The minimum atomic E-state index is -5.77. The quantitative estimate of drug-likeness (QED) is 0.149. The summed E-state index contributed by atoms with van der Waals surface area (Å²) >= 11 is 0. The lowest BCUT2D eigenvalue weighted by Gasteiger charge is -2.20. The van der Waals surface area contributed by atoms with E-state index in [4.69, 9.17) is 9.79 Å². The molecule has 1 unspecified atom stereocenters. The average Bonchev–Trinajstić information content (AvgIpc) is 2.93. The second-order valence-corrected chi connectivity index (χ2v) is 12.4. The van der Waals surface area contributed by atoms with Gasteiger partial charge in [0, 0.05) is 22.6 Å². The SMILES string of the molecule is O=C(Nc1cccc(Nc2ccccc2)c1)C(Cc1ccc(C(F)(F)P(=O)(O)O)cc1)NS(=O)(=O)c1ccccc1. The number of rotatable bonds is 11. The van der Waals surface area contributed by atoms with Crippen molar-refractivity contribution in [3.05, 3.63) is 120 Å². The number of carbonyl (C=O) groups is 1. The smallest absolute Gasteiger partial charge is 0.355 e. The fourth-order valence-corrected chi connectivity index (χ4v) is 5.58. The van der Waals surface area contributed by atoms with Crippen LogP contribution in [0.5, 0.6) is 0 Å². The predicted octanol–water partition coefficient (Wildman–Crippen LogP) is 5.19. The van der Waals surface area contributed by atoms with E-state index in [-0.39, 0.29) is 16.9 Å². The van der Waals surface area contributed by atoms with Gasteiger partial charge in [-0.3, -0.25) is 9.36 Å². The topological polar surface area (TPSA) is 145 Å². The van der Waals surface area contributed by atoms with Crippen LogP contribution in [0.4, 0.5) is 25.8 Å². The molecule has 1 atom stereocenters. The molecule has 5 N–H and O–H groups in total. The summed E-state index contributed by atoms with van der Waals surface area (Å²) in [5.41, 5.74) is -3.20. The molecule has 0 saturated heterocycles. The number of amides is 1. The summed E-state index contributed by atoms with van der Waals surface area (Å²) in [6.45, 7) is 0. The molecule has 0 spiro atoms. The van der Waals surface area contributed by atoms with Crippen LogP contribution in [0.2, 0.25) is 0 Å². The molecular weight excluding hydrogens is 575 g/mol. The molecule has 9 nitrogen and oxygen atoms in total. The Morgan fingerprint density at radius 1 is 0.805 bits per heavy atom. The number of sulfonamides is 1. The zero-order valence-corrected chi connectivity index (χ0v) is 23.0. The number of benzene rings is 4. The molecule has 4 aromatic carbocycles. The van der Waals surface area contributed by atoms with E-state index in [0.717, 1.165) is 30.0 Å². The number of alkyl halides is 2. The normalized spacial score (nSPS) is 12.9. The van der Waals surface area contributed by atoms with E-state index in [9.17, 15) is 26.6 Å². The Labute approximate surface area is 235 Å². The summed E-state index contributed by atoms with van der Waals surface area (Å²) in [6, 6.07) is 26.1. The first-order valence-corrected chi connectivity index (χ1v) is 15.3. The molecule has 13 heteroatoms. The molecule has 4 aromatic rings. The zero-order valence-electron chi connectivity index (χ0n) is 21.3. The molecule has 4 rings (SSSR count). The van der Waals surface area contributed by atoms with Crippen molar-refractivity contribution in [2.24, 2.45) is 0 Å². The minimum Gasteiger partial charge on any atom is -0.355 e. The number of nitrogens with one attached hydrogen (secondary N) is 3. The van der Waals surface area contributed by atoms with E-state index in [1.807, 2.05) is 30.3 Å². The van der Waals surface area contributed by atoms with Crippen LogP contribution in [0.25, 0.3) is 0 Å².